The molecular weight excluding hydrogens is 244 g/mol. The minimum atomic E-state index is -0.192. The van der Waals surface area contributed by atoms with Gasteiger partial charge in [0.1, 0.15) is 5.69 Å². The number of aromatic nitrogens is 2. The van der Waals surface area contributed by atoms with Gasteiger partial charge in [-0.1, -0.05) is 0 Å². The zero-order valence-electron chi connectivity index (χ0n) is 9.16. The van der Waals surface area contributed by atoms with Gasteiger partial charge in [-0.15, -0.1) is 0 Å². The van der Waals surface area contributed by atoms with Crippen LogP contribution in [-0.2, 0) is 9.53 Å². The van der Waals surface area contributed by atoms with Gasteiger partial charge >= 0.3 is 0 Å². The van der Waals surface area contributed by atoms with Gasteiger partial charge in [0, 0.05) is 0 Å². The van der Waals surface area contributed by atoms with E-state index in [2.05, 4.69) is 20.6 Å². The molecule has 2 atom stereocenters. The first-order valence-corrected chi connectivity index (χ1v) is 5.72. The Kier molecular flexibility index (Phi) is 2.41. The molecule has 0 aromatic carbocycles. The lowest BCUT2D eigenvalue weighted by molar-refractivity contribution is -0.119. The highest BCUT2D eigenvalue weighted by atomic mass is 35.5. The van der Waals surface area contributed by atoms with Crippen LogP contribution in [0.2, 0.25) is 5.28 Å². The molecule has 3 heterocycles. The van der Waals surface area contributed by atoms with E-state index in [4.69, 9.17) is 16.3 Å². The summed E-state index contributed by atoms with van der Waals surface area (Å²) in [5.74, 6) is 0.309. The molecule has 3 rings (SSSR count). The minimum absolute atomic E-state index is 0.0541. The Morgan fingerprint density at radius 1 is 1.41 bits per heavy atom. The van der Waals surface area contributed by atoms with E-state index in [0.717, 1.165) is 0 Å². The molecule has 1 aromatic heterocycles. The summed E-state index contributed by atoms with van der Waals surface area (Å²) in [5, 5.41) is 6.18. The molecule has 6 nitrogen and oxygen atoms in total. The van der Waals surface area contributed by atoms with Crippen LogP contribution >= 0.6 is 11.6 Å². The Labute approximate surface area is 103 Å². The van der Waals surface area contributed by atoms with E-state index in [-0.39, 0.29) is 23.2 Å². The molecule has 2 N–H and O–H groups in total. The smallest absolute Gasteiger partial charge is 0.232 e. The van der Waals surface area contributed by atoms with E-state index >= 15 is 0 Å². The fraction of sp³-hybridized carbons (Fsp3) is 0.500. The first-order chi connectivity index (χ1) is 8.15. The van der Waals surface area contributed by atoms with Crippen molar-refractivity contribution in [3.8, 4) is 0 Å². The van der Waals surface area contributed by atoms with Gasteiger partial charge in [-0.05, 0) is 18.5 Å². The molecule has 1 amide bonds. The van der Waals surface area contributed by atoms with Crippen LogP contribution in [0.1, 0.15) is 5.69 Å². The van der Waals surface area contributed by atoms with Crippen LogP contribution < -0.4 is 10.6 Å². The molecule has 0 aliphatic carbocycles. The van der Waals surface area contributed by atoms with E-state index in [9.17, 15) is 4.79 Å². The normalized spacial score (nSPS) is 26.6. The molecule has 0 saturated carbocycles. The maximum absolute atomic E-state index is 12.0. The molecule has 1 saturated heterocycles. The Morgan fingerprint density at radius 2 is 2.24 bits per heavy atom. The molecule has 0 bridgehead atoms. The predicted molar refractivity (Wildman–Crippen MR) is 62.1 cm³/mol. The Morgan fingerprint density at radius 3 is 3.06 bits per heavy atom. The number of hydrogen-bond donors (Lipinski definition) is 2. The second-order valence-corrected chi connectivity index (χ2v) is 4.52. The minimum Gasteiger partial charge on any atom is -0.378 e. The van der Waals surface area contributed by atoms with Crippen molar-refractivity contribution in [1.29, 1.82) is 0 Å². The number of aryl methyl sites for hydroxylation is 1. The number of nitrogens with zero attached hydrogens (tertiary/aromatic N) is 2. The summed E-state index contributed by atoms with van der Waals surface area (Å²) in [6.45, 7) is 2.71. The third-order valence-corrected chi connectivity index (χ3v) is 3.22. The first-order valence-electron chi connectivity index (χ1n) is 5.34. The summed E-state index contributed by atoms with van der Waals surface area (Å²) in [6, 6.07) is -0.0541. The highest BCUT2D eigenvalue weighted by molar-refractivity contribution is 6.28. The zero-order valence-corrected chi connectivity index (χ0v) is 9.91. The summed E-state index contributed by atoms with van der Waals surface area (Å²) >= 11 is 5.81. The van der Waals surface area contributed by atoms with E-state index in [1.165, 1.54) is 0 Å². The molecule has 1 fully saturated rings. The number of nitrogens with one attached hydrogen (secondary N) is 2. The highest BCUT2D eigenvalue weighted by Gasteiger charge is 2.38. The molecule has 17 heavy (non-hydrogen) atoms. The van der Waals surface area contributed by atoms with Crippen LogP contribution in [0.4, 0.5) is 11.5 Å². The maximum Gasteiger partial charge on any atom is 0.232 e. The molecule has 0 spiro atoms. The second kappa shape index (κ2) is 3.82. The van der Waals surface area contributed by atoms with Crippen molar-refractivity contribution in [3.05, 3.63) is 11.0 Å². The number of ether oxygens (including phenoxy) is 1. The van der Waals surface area contributed by atoms with Crippen molar-refractivity contribution in [2.45, 2.75) is 13.0 Å². The van der Waals surface area contributed by atoms with Crippen LogP contribution in [0.5, 0.6) is 0 Å². The van der Waals surface area contributed by atoms with Crippen molar-refractivity contribution in [2.24, 2.45) is 5.92 Å². The Bertz CT molecular complexity index is 493. The third kappa shape index (κ3) is 1.73. The quantitative estimate of drug-likeness (QED) is 0.671. The fourth-order valence-corrected chi connectivity index (χ4v) is 2.35. The largest absolute Gasteiger partial charge is 0.378 e. The second-order valence-electron chi connectivity index (χ2n) is 4.19. The zero-order chi connectivity index (χ0) is 12.0. The average molecular weight is 255 g/mol. The molecule has 1 aromatic rings. The molecular formula is C10H11ClN4O2. The number of halogens is 1. The van der Waals surface area contributed by atoms with E-state index < -0.39 is 0 Å². The Hall–Kier alpha value is -1.40. The van der Waals surface area contributed by atoms with Crippen molar-refractivity contribution >= 4 is 29.0 Å². The van der Waals surface area contributed by atoms with Crippen LogP contribution in [0, 0.1) is 12.8 Å². The molecule has 2 unspecified atom stereocenters. The number of carbonyl (C=O) groups excluding carboxylic acids is 1. The summed E-state index contributed by atoms with van der Waals surface area (Å²) < 4.78 is 5.29. The van der Waals surface area contributed by atoms with Gasteiger partial charge in [0.2, 0.25) is 11.2 Å². The number of anilines is 2. The van der Waals surface area contributed by atoms with E-state index in [0.29, 0.717) is 30.4 Å². The van der Waals surface area contributed by atoms with Crippen molar-refractivity contribution in [3.63, 3.8) is 0 Å². The van der Waals surface area contributed by atoms with Crippen LogP contribution in [0.25, 0.3) is 0 Å². The lowest BCUT2D eigenvalue weighted by atomic mass is 10.0. The van der Waals surface area contributed by atoms with E-state index in [1.54, 1.807) is 6.92 Å². The monoisotopic (exact) mass is 254 g/mol. The lowest BCUT2D eigenvalue weighted by Crippen LogP contribution is -2.33. The maximum atomic E-state index is 12.0. The highest BCUT2D eigenvalue weighted by Crippen LogP contribution is 2.31. The molecule has 7 heteroatoms. The van der Waals surface area contributed by atoms with Gasteiger partial charge in [-0.2, -0.15) is 4.98 Å². The number of amides is 1. The number of fused-ring (bicyclic) bond motifs is 2. The van der Waals surface area contributed by atoms with Gasteiger partial charge in [-0.25, -0.2) is 4.98 Å². The molecule has 90 valence electrons. The summed E-state index contributed by atoms with van der Waals surface area (Å²) in [4.78, 5) is 20.1. The van der Waals surface area contributed by atoms with Gasteiger partial charge in [0.25, 0.3) is 0 Å². The summed E-state index contributed by atoms with van der Waals surface area (Å²) in [6.07, 6.45) is 0. The average Bonchev–Trinajstić information content (AvgIpc) is 2.66. The summed E-state index contributed by atoms with van der Waals surface area (Å²) in [7, 11) is 0. The number of hydrogen-bond acceptors (Lipinski definition) is 5. The fourth-order valence-electron chi connectivity index (χ4n) is 2.14. The van der Waals surface area contributed by atoms with Crippen LogP contribution in [0.15, 0.2) is 0 Å². The van der Waals surface area contributed by atoms with Gasteiger partial charge in [0.05, 0.1) is 30.9 Å². The van der Waals surface area contributed by atoms with Gasteiger partial charge in [0.15, 0.2) is 5.82 Å². The molecule has 0 radical (unpaired) electrons. The van der Waals surface area contributed by atoms with Crippen LogP contribution in [0.3, 0.4) is 0 Å². The van der Waals surface area contributed by atoms with Crippen molar-refractivity contribution in [2.75, 3.05) is 23.8 Å². The van der Waals surface area contributed by atoms with Crippen molar-refractivity contribution in [1.82, 2.24) is 9.97 Å². The third-order valence-electron chi connectivity index (χ3n) is 3.05. The topological polar surface area (TPSA) is 76.1 Å². The van der Waals surface area contributed by atoms with E-state index in [1.807, 2.05) is 0 Å². The number of rotatable bonds is 0. The number of carbonyl (C=O) groups is 1. The summed E-state index contributed by atoms with van der Waals surface area (Å²) in [5.41, 5.74) is 1.26. The molecule has 2 aliphatic rings. The standard InChI is InChI=1S/C10H11ClN4O2/c1-4-7-8(15-10(11)12-4)13-6-3-17-2-5(6)9(16)14-7/h5-6H,2-3H2,1H3,(H,14,16)(H,12,13,15). The Balaban J connectivity index is 2.07. The van der Waals surface area contributed by atoms with Crippen molar-refractivity contribution < 1.29 is 9.53 Å². The predicted octanol–water partition coefficient (Wildman–Crippen LogP) is 0.817. The van der Waals surface area contributed by atoms with Crippen LogP contribution in [-0.4, -0.2) is 35.1 Å². The SMILES string of the molecule is Cc1nc(Cl)nc2c1NC(=O)C1COCC1N2. The first kappa shape index (κ1) is 10.7. The van der Waals surface area contributed by atoms with Gasteiger partial charge in [-0.3, -0.25) is 4.79 Å². The molecule has 2 aliphatic heterocycles. The lowest BCUT2D eigenvalue weighted by Gasteiger charge is -2.13. The van der Waals surface area contributed by atoms with Gasteiger partial charge < -0.3 is 15.4 Å².